The van der Waals surface area contributed by atoms with Crippen molar-refractivity contribution in [1.29, 1.82) is 0 Å². The average Bonchev–Trinajstić information content (AvgIpc) is 3.30. The average molecular weight is 589 g/mol. The van der Waals surface area contributed by atoms with Gasteiger partial charge in [0.05, 0.1) is 31.7 Å². The van der Waals surface area contributed by atoms with E-state index in [1.165, 1.54) is 38.5 Å². The van der Waals surface area contributed by atoms with Gasteiger partial charge < -0.3 is 14.6 Å². The molecule has 6 rings (SSSR count). The second-order valence-corrected chi connectivity index (χ2v) is 11.6. The van der Waals surface area contributed by atoms with Crippen LogP contribution in [0.1, 0.15) is 24.3 Å². The Morgan fingerprint density at radius 1 is 0.975 bits per heavy atom. The number of allylic oxidation sites excluding steroid dienone is 2. The molecule has 2 saturated heterocycles. The number of phenols is 1. The zero-order valence-corrected chi connectivity index (χ0v) is 22.8. The molecule has 0 aromatic heterocycles. The first-order valence-electron chi connectivity index (χ1n) is 12.5. The highest BCUT2D eigenvalue weighted by atomic mass is 35.5. The molecule has 12 heteroatoms. The Morgan fingerprint density at radius 2 is 1.60 bits per heavy atom. The molecule has 0 unspecified atom stereocenters. The summed E-state index contributed by atoms with van der Waals surface area (Å²) < 4.78 is 24.9. The molecule has 0 bridgehead atoms. The molecule has 3 fully saturated rings. The third-order valence-corrected chi connectivity index (χ3v) is 9.97. The Hall–Kier alpha value is -3.63. The van der Waals surface area contributed by atoms with Crippen molar-refractivity contribution >= 4 is 52.5 Å². The maximum atomic E-state index is 14.3. The number of carbonyl (C=O) groups excluding carboxylic acids is 4. The van der Waals surface area contributed by atoms with E-state index in [1.807, 2.05) is 0 Å². The molecule has 2 N–H and O–H groups in total. The van der Waals surface area contributed by atoms with Crippen molar-refractivity contribution in [3.8, 4) is 17.2 Å². The van der Waals surface area contributed by atoms with E-state index in [0.29, 0.717) is 5.57 Å². The van der Waals surface area contributed by atoms with E-state index in [0.717, 1.165) is 17.0 Å². The van der Waals surface area contributed by atoms with Crippen LogP contribution in [0.2, 0.25) is 0 Å². The third kappa shape index (κ3) is 3.32. The Labute approximate surface area is 237 Å². The van der Waals surface area contributed by atoms with Gasteiger partial charge in [-0.05, 0) is 43.0 Å². The number of nitrogens with zero attached hydrogens (tertiary/aromatic N) is 1. The number of methoxy groups -OCH3 is 2. The number of carbonyl (C=O) groups is 4. The molecule has 9 nitrogen and oxygen atoms in total. The molecule has 40 heavy (non-hydrogen) atoms. The number of rotatable bonds is 4. The van der Waals surface area contributed by atoms with E-state index in [2.05, 4.69) is 5.32 Å². The monoisotopic (exact) mass is 588 g/mol. The van der Waals surface area contributed by atoms with Gasteiger partial charge in [-0.15, -0.1) is 23.2 Å². The summed E-state index contributed by atoms with van der Waals surface area (Å²) in [5.41, 5.74) is 0.837. The highest BCUT2D eigenvalue weighted by Gasteiger charge is 2.77. The first kappa shape index (κ1) is 26.6. The maximum absolute atomic E-state index is 14.3. The molecule has 2 aromatic rings. The zero-order valence-electron chi connectivity index (χ0n) is 21.2. The highest BCUT2D eigenvalue weighted by molar-refractivity contribution is 6.58. The lowest BCUT2D eigenvalue weighted by atomic mass is 9.56. The fraction of sp³-hybridized carbons (Fsp3) is 0.357. The topological polar surface area (TPSA) is 122 Å². The van der Waals surface area contributed by atoms with Crippen molar-refractivity contribution in [2.24, 2.45) is 17.8 Å². The van der Waals surface area contributed by atoms with Crippen molar-refractivity contribution < 1.29 is 38.1 Å². The molecule has 4 amide bonds. The lowest BCUT2D eigenvalue weighted by Crippen LogP contribution is -2.60. The van der Waals surface area contributed by atoms with Crippen LogP contribution in [0.25, 0.3) is 0 Å². The van der Waals surface area contributed by atoms with E-state index in [4.69, 9.17) is 32.7 Å². The van der Waals surface area contributed by atoms with Crippen LogP contribution in [0.3, 0.4) is 0 Å². The van der Waals surface area contributed by atoms with Gasteiger partial charge in [0.1, 0.15) is 23.1 Å². The number of halogens is 3. The SMILES string of the molecule is COc1cc(O)cc(OC)c1[C@H]1C2=CC[C@@H]3C(=O)NC(=O)[C@@H]3[C@@H]2C[C@@]2(Cl)C(=O)N(c3ccc(F)cc3)C(=O)[C@@]12Cl. The number of nitrogens with one attached hydrogen (secondary N) is 1. The van der Waals surface area contributed by atoms with Crippen molar-refractivity contribution in [1.82, 2.24) is 5.32 Å². The van der Waals surface area contributed by atoms with Crippen LogP contribution in [0.15, 0.2) is 48.0 Å². The van der Waals surface area contributed by atoms with Gasteiger partial charge >= 0.3 is 0 Å². The summed E-state index contributed by atoms with van der Waals surface area (Å²) in [6.45, 7) is 0. The molecule has 0 radical (unpaired) electrons. The molecule has 6 atom stereocenters. The molecular weight excluding hydrogens is 566 g/mol. The number of hydrogen-bond acceptors (Lipinski definition) is 7. The van der Waals surface area contributed by atoms with Crippen LogP contribution in [0, 0.1) is 23.6 Å². The number of imide groups is 2. The van der Waals surface area contributed by atoms with Crippen molar-refractivity contribution in [3.05, 3.63) is 59.4 Å². The standard InChI is InChI=1S/C28H23Cl2FN2O7/c1-39-18-9-14(34)10-19(40-2)21(18)22-15-7-8-16-20(24(36)32-23(16)35)17(15)11-27(29)25(37)33(26(38)28(22,27)30)13-5-3-12(31)4-6-13/h3-7,9-10,16-17,20,22,34H,8,11H2,1-2H3,(H,32,35,36)/t16-,17+,20-,22+,27+,28-/m0/s1. The summed E-state index contributed by atoms with van der Waals surface area (Å²) in [7, 11) is 2.71. The van der Waals surface area contributed by atoms with Gasteiger partial charge in [-0.1, -0.05) is 11.6 Å². The molecule has 2 heterocycles. The number of amides is 4. The quantitative estimate of drug-likeness (QED) is 0.319. The predicted octanol–water partition coefficient (Wildman–Crippen LogP) is 3.40. The van der Waals surface area contributed by atoms with Gasteiger partial charge in [0.25, 0.3) is 11.8 Å². The Morgan fingerprint density at radius 3 is 2.20 bits per heavy atom. The van der Waals surface area contributed by atoms with Gasteiger partial charge in [-0.2, -0.15) is 0 Å². The molecule has 0 spiro atoms. The molecule has 2 aromatic carbocycles. The number of anilines is 1. The lowest BCUT2D eigenvalue weighted by Gasteiger charge is -2.51. The number of hydrogen-bond donors (Lipinski definition) is 2. The second kappa shape index (κ2) is 8.94. The van der Waals surface area contributed by atoms with Gasteiger partial charge in [0, 0.05) is 23.6 Å². The van der Waals surface area contributed by atoms with Crippen molar-refractivity contribution in [2.75, 3.05) is 19.1 Å². The number of benzene rings is 2. The van der Waals surface area contributed by atoms with Crippen LogP contribution in [-0.2, 0) is 19.2 Å². The van der Waals surface area contributed by atoms with Crippen LogP contribution in [0.5, 0.6) is 17.2 Å². The van der Waals surface area contributed by atoms with Gasteiger partial charge in [0.15, 0.2) is 9.75 Å². The van der Waals surface area contributed by atoms with E-state index >= 15 is 0 Å². The fourth-order valence-electron chi connectivity index (χ4n) is 6.84. The number of phenolic OH excluding ortho intramolecular Hbond substituents is 1. The Balaban J connectivity index is 1.64. The van der Waals surface area contributed by atoms with Gasteiger partial charge in [0.2, 0.25) is 11.8 Å². The number of alkyl halides is 2. The lowest BCUT2D eigenvalue weighted by molar-refractivity contribution is -0.127. The summed E-state index contributed by atoms with van der Waals surface area (Å²) in [6.07, 6.45) is 1.74. The van der Waals surface area contributed by atoms with Crippen LogP contribution in [-0.4, -0.2) is 52.7 Å². The third-order valence-electron chi connectivity index (χ3n) is 8.56. The van der Waals surface area contributed by atoms with Crippen LogP contribution < -0.4 is 19.7 Å². The zero-order chi connectivity index (χ0) is 28.7. The molecule has 2 aliphatic carbocycles. The first-order chi connectivity index (χ1) is 19.0. The highest BCUT2D eigenvalue weighted by Crippen LogP contribution is 2.67. The van der Waals surface area contributed by atoms with Crippen molar-refractivity contribution in [2.45, 2.75) is 28.5 Å². The minimum absolute atomic E-state index is 0.0675. The minimum Gasteiger partial charge on any atom is -0.508 e. The van der Waals surface area contributed by atoms with Gasteiger partial charge in [-0.3, -0.25) is 24.5 Å². The summed E-state index contributed by atoms with van der Waals surface area (Å²) >= 11 is 14.6. The smallest absolute Gasteiger partial charge is 0.258 e. The summed E-state index contributed by atoms with van der Waals surface area (Å²) in [5, 5.41) is 12.7. The maximum Gasteiger partial charge on any atom is 0.258 e. The molecule has 208 valence electrons. The van der Waals surface area contributed by atoms with Crippen LogP contribution >= 0.6 is 23.2 Å². The normalized spacial score (nSPS) is 32.7. The number of fused-ring (bicyclic) bond motifs is 4. The molecular formula is C28H23Cl2FN2O7. The molecule has 1 saturated carbocycles. The second-order valence-electron chi connectivity index (χ2n) is 10.4. The van der Waals surface area contributed by atoms with Crippen LogP contribution in [0.4, 0.5) is 10.1 Å². The predicted molar refractivity (Wildman–Crippen MR) is 141 cm³/mol. The van der Waals surface area contributed by atoms with Gasteiger partial charge in [-0.25, -0.2) is 9.29 Å². The number of aromatic hydroxyl groups is 1. The number of ether oxygens (including phenoxy) is 2. The summed E-state index contributed by atoms with van der Waals surface area (Å²) in [5.74, 6) is -6.59. The first-order valence-corrected chi connectivity index (χ1v) is 13.3. The Kier molecular flexibility index (Phi) is 5.94. The van der Waals surface area contributed by atoms with E-state index in [-0.39, 0.29) is 41.3 Å². The van der Waals surface area contributed by atoms with E-state index < -0.39 is 62.9 Å². The van der Waals surface area contributed by atoms with E-state index in [9.17, 15) is 28.7 Å². The van der Waals surface area contributed by atoms with Crippen molar-refractivity contribution in [3.63, 3.8) is 0 Å². The summed E-state index contributed by atoms with van der Waals surface area (Å²) in [4.78, 5) is 50.7. The van der Waals surface area contributed by atoms with E-state index in [1.54, 1.807) is 6.08 Å². The summed E-state index contributed by atoms with van der Waals surface area (Å²) in [6, 6.07) is 7.37. The molecule has 2 aliphatic heterocycles. The largest absolute Gasteiger partial charge is 0.508 e. The minimum atomic E-state index is -2.16. The fourth-order valence-corrected chi connectivity index (χ4v) is 7.75. The Bertz CT molecular complexity index is 1500. The molecule has 4 aliphatic rings.